The van der Waals surface area contributed by atoms with Gasteiger partial charge in [-0.15, -0.1) is 0 Å². The SMILES string of the molecule is c1ccc(-c2ccc3c(c2)c2c(-c4cccc(-c5nc(-c6ccccc6)nc(-c6ccc(-c7ccccc7)c(-n7c8ccccc8c8ccccc87)c6)n5)c4)cccc2n3-c2ccccc2)cc1. The first kappa shape index (κ1) is 39.2. The van der Waals surface area contributed by atoms with Crippen LogP contribution >= 0.6 is 0 Å². The molecular formula is C63H41N5. The van der Waals surface area contributed by atoms with Crippen molar-refractivity contribution >= 4 is 43.6 Å². The summed E-state index contributed by atoms with van der Waals surface area (Å²) < 4.78 is 4.77. The number of fused-ring (bicyclic) bond motifs is 6. The predicted octanol–water partition coefficient (Wildman–Crippen LogP) is 16.1. The van der Waals surface area contributed by atoms with Gasteiger partial charge in [-0.05, 0) is 82.4 Å². The molecule has 0 unspecified atom stereocenters. The van der Waals surface area contributed by atoms with E-state index in [9.17, 15) is 0 Å². The zero-order chi connectivity index (χ0) is 45.0. The third kappa shape index (κ3) is 6.68. The van der Waals surface area contributed by atoms with E-state index in [1.165, 1.54) is 32.7 Å². The minimum atomic E-state index is 0.599. The number of para-hydroxylation sites is 3. The van der Waals surface area contributed by atoms with Crippen LogP contribution in [0.1, 0.15) is 0 Å². The van der Waals surface area contributed by atoms with Crippen molar-refractivity contribution in [3.8, 4) is 78.9 Å². The van der Waals surface area contributed by atoms with Crippen molar-refractivity contribution < 1.29 is 0 Å². The highest BCUT2D eigenvalue weighted by molar-refractivity contribution is 6.17. The molecule has 0 spiro atoms. The Morgan fingerprint density at radius 1 is 0.250 bits per heavy atom. The molecule has 5 nitrogen and oxygen atoms in total. The molecule has 10 aromatic carbocycles. The van der Waals surface area contributed by atoms with Crippen LogP contribution in [0, 0.1) is 0 Å². The van der Waals surface area contributed by atoms with Gasteiger partial charge in [0.1, 0.15) is 0 Å². The van der Waals surface area contributed by atoms with Crippen LogP contribution in [0.3, 0.4) is 0 Å². The summed E-state index contributed by atoms with van der Waals surface area (Å²) in [5.74, 6) is 1.82. The lowest BCUT2D eigenvalue weighted by molar-refractivity contribution is 1.07. The molecule has 3 aromatic heterocycles. The Morgan fingerprint density at radius 2 is 0.735 bits per heavy atom. The van der Waals surface area contributed by atoms with E-state index in [0.717, 1.165) is 72.4 Å². The van der Waals surface area contributed by atoms with Gasteiger partial charge in [-0.25, -0.2) is 15.0 Å². The minimum Gasteiger partial charge on any atom is -0.309 e. The van der Waals surface area contributed by atoms with E-state index in [2.05, 4.69) is 240 Å². The lowest BCUT2D eigenvalue weighted by atomic mass is 9.96. The molecule has 0 aliphatic carbocycles. The largest absolute Gasteiger partial charge is 0.309 e. The number of aromatic nitrogens is 5. The maximum Gasteiger partial charge on any atom is 0.164 e. The smallest absolute Gasteiger partial charge is 0.164 e. The van der Waals surface area contributed by atoms with Gasteiger partial charge in [-0.2, -0.15) is 0 Å². The van der Waals surface area contributed by atoms with Gasteiger partial charge >= 0.3 is 0 Å². The van der Waals surface area contributed by atoms with Gasteiger partial charge in [0.15, 0.2) is 17.5 Å². The highest BCUT2D eigenvalue weighted by Gasteiger charge is 2.21. The number of rotatable bonds is 8. The summed E-state index contributed by atoms with van der Waals surface area (Å²) in [7, 11) is 0. The van der Waals surface area contributed by atoms with E-state index in [1.807, 2.05) is 18.2 Å². The third-order valence-electron chi connectivity index (χ3n) is 13.2. The molecule has 5 heteroatoms. The van der Waals surface area contributed by atoms with Gasteiger partial charge in [0, 0.05) is 49.5 Å². The van der Waals surface area contributed by atoms with Gasteiger partial charge in [0.25, 0.3) is 0 Å². The van der Waals surface area contributed by atoms with Crippen molar-refractivity contribution in [1.29, 1.82) is 0 Å². The van der Waals surface area contributed by atoms with Crippen LogP contribution in [-0.4, -0.2) is 24.1 Å². The van der Waals surface area contributed by atoms with Crippen molar-refractivity contribution in [2.24, 2.45) is 0 Å². The monoisotopic (exact) mass is 867 g/mol. The van der Waals surface area contributed by atoms with Gasteiger partial charge < -0.3 is 9.13 Å². The molecule has 318 valence electrons. The van der Waals surface area contributed by atoms with Crippen molar-refractivity contribution in [1.82, 2.24) is 24.1 Å². The summed E-state index contributed by atoms with van der Waals surface area (Å²) in [6.07, 6.45) is 0. The summed E-state index contributed by atoms with van der Waals surface area (Å²) in [5, 5.41) is 4.80. The first-order chi connectivity index (χ1) is 33.7. The molecule has 0 atom stereocenters. The Labute approximate surface area is 393 Å². The summed E-state index contributed by atoms with van der Waals surface area (Å²) >= 11 is 0. The summed E-state index contributed by atoms with van der Waals surface area (Å²) in [6, 6.07) is 88.2. The molecule has 0 fully saturated rings. The standard InChI is InChI=1S/C63H41N5/c1-5-19-42(20-6-1)45-36-38-57-54(40-45)60-51(31-18-34-58(60)67(57)49-27-11-4-12-28-49)46-25-17-26-47(39-46)62-64-61(44-23-9-3-10-24-44)65-63(66-62)48-35-37-50(43-21-7-2-8-22-43)59(41-48)68-55-32-15-13-29-52(55)53-30-14-16-33-56(53)68/h1-41H. The second kappa shape index (κ2) is 16.4. The molecule has 0 N–H and O–H groups in total. The number of nitrogens with zero attached hydrogens (tertiary/aromatic N) is 5. The van der Waals surface area contributed by atoms with Crippen molar-refractivity contribution in [3.05, 3.63) is 249 Å². The van der Waals surface area contributed by atoms with E-state index in [-0.39, 0.29) is 0 Å². The Kier molecular flexibility index (Phi) is 9.43. The average Bonchev–Trinajstić information content (AvgIpc) is 3.94. The van der Waals surface area contributed by atoms with E-state index < -0.39 is 0 Å². The fraction of sp³-hybridized carbons (Fsp3) is 0. The highest BCUT2D eigenvalue weighted by Crippen LogP contribution is 2.42. The predicted molar refractivity (Wildman–Crippen MR) is 281 cm³/mol. The molecular weight excluding hydrogens is 827 g/mol. The molecule has 0 amide bonds. The number of hydrogen-bond donors (Lipinski definition) is 0. The van der Waals surface area contributed by atoms with E-state index in [1.54, 1.807) is 0 Å². The molecule has 3 heterocycles. The minimum absolute atomic E-state index is 0.599. The van der Waals surface area contributed by atoms with E-state index in [0.29, 0.717) is 17.5 Å². The average molecular weight is 868 g/mol. The normalized spacial score (nSPS) is 11.5. The summed E-state index contributed by atoms with van der Waals surface area (Å²) in [6.45, 7) is 0. The van der Waals surface area contributed by atoms with E-state index >= 15 is 0 Å². The Balaban J connectivity index is 1.01. The second-order valence-electron chi connectivity index (χ2n) is 17.2. The van der Waals surface area contributed by atoms with Crippen molar-refractivity contribution in [2.75, 3.05) is 0 Å². The molecule has 13 aromatic rings. The molecule has 0 aliphatic heterocycles. The second-order valence-corrected chi connectivity index (χ2v) is 17.2. The summed E-state index contributed by atoms with van der Waals surface area (Å²) in [4.78, 5) is 15.8. The fourth-order valence-corrected chi connectivity index (χ4v) is 10.1. The lowest BCUT2D eigenvalue weighted by Crippen LogP contribution is -2.02. The van der Waals surface area contributed by atoms with Gasteiger partial charge in [-0.3, -0.25) is 0 Å². The zero-order valence-corrected chi connectivity index (χ0v) is 36.9. The van der Waals surface area contributed by atoms with Crippen LogP contribution in [0.5, 0.6) is 0 Å². The molecule has 0 saturated carbocycles. The first-order valence-corrected chi connectivity index (χ1v) is 23.0. The molecule has 0 bridgehead atoms. The van der Waals surface area contributed by atoms with Crippen LogP contribution < -0.4 is 0 Å². The topological polar surface area (TPSA) is 48.5 Å². The first-order valence-electron chi connectivity index (χ1n) is 23.0. The van der Waals surface area contributed by atoms with Gasteiger partial charge in [-0.1, -0.05) is 194 Å². The molecule has 0 aliphatic rings. The third-order valence-corrected chi connectivity index (χ3v) is 13.2. The maximum atomic E-state index is 5.35. The van der Waals surface area contributed by atoms with Crippen LogP contribution in [-0.2, 0) is 0 Å². The molecule has 0 radical (unpaired) electrons. The van der Waals surface area contributed by atoms with Crippen LogP contribution in [0.25, 0.3) is 123 Å². The molecule has 68 heavy (non-hydrogen) atoms. The Bertz CT molecular complexity index is 3950. The molecule has 13 rings (SSSR count). The summed E-state index contributed by atoms with van der Waals surface area (Å²) in [5.41, 5.74) is 16.3. The van der Waals surface area contributed by atoms with Crippen molar-refractivity contribution in [3.63, 3.8) is 0 Å². The van der Waals surface area contributed by atoms with Gasteiger partial charge in [0.05, 0.1) is 27.8 Å². The highest BCUT2D eigenvalue weighted by atomic mass is 15.0. The van der Waals surface area contributed by atoms with Crippen LogP contribution in [0.15, 0.2) is 249 Å². The van der Waals surface area contributed by atoms with Gasteiger partial charge in [0.2, 0.25) is 0 Å². The van der Waals surface area contributed by atoms with Crippen LogP contribution in [0.2, 0.25) is 0 Å². The Morgan fingerprint density at radius 3 is 1.41 bits per heavy atom. The quantitative estimate of drug-likeness (QED) is 0.153. The van der Waals surface area contributed by atoms with Crippen molar-refractivity contribution in [2.45, 2.75) is 0 Å². The Hall–Kier alpha value is -9.19. The lowest BCUT2D eigenvalue weighted by Gasteiger charge is -2.16. The maximum absolute atomic E-state index is 5.35. The number of benzene rings is 10. The van der Waals surface area contributed by atoms with E-state index in [4.69, 9.17) is 15.0 Å². The number of hydrogen-bond acceptors (Lipinski definition) is 3. The molecule has 0 saturated heterocycles. The van der Waals surface area contributed by atoms with Crippen LogP contribution in [0.4, 0.5) is 0 Å². The fourth-order valence-electron chi connectivity index (χ4n) is 10.1. The zero-order valence-electron chi connectivity index (χ0n) is 36.9.